The van der Waals surface area contributed by atoms with Crippen molar-refractivity contribution >= 4 is 12.1 Å². The molecule has 29 heavy (non-hydrogen) atoms. The molecule has 10 heteroatoms. The Balaban J connectivity index is 1.30. The van der Waals surface area contributed by atoms with E-state index in [1.54, 1.807) is 9.80 Å². The van der Waals surface area contributed by atoms with Crippen LogP contribution in [-0.2, 0) is 17.3 Å². The predicted molar refractivity (Wildman–Crippen MR) is 93.6 cm³/mol. The van der Waals surface area contributed by atoms with E-state index in [4.69, 9.17) is 4.74 Å². The molecule has 6 nitrogen and oxygen atoms in total. The number of alkyl halides is 3. The number of carbonyl (C=O) groups excluding carboxylic acids is 2. The van der Waals surface area contributed by atoms with Crippen molar-refractivity contribution in [3.63, 3.8) is 0 Å². The summed E-state index contributed by atoms with van der Waals surface area (Å²) in [7, 11) is 0. The van der Waals surface area contributed by atoms with Crippen LogP contribution in [0.1, 0.15) is 24.0 Å². The summed E-state index contributed by atoms with van der Waals surface area (Å²) in [4.78, 5) is 27.1. The van der Waals surface area contributed by atoms with Crippen LogP contribution in [-0.4, -0.2) is 60.2 Å². The van der Waals surface area contributed by atoms with E-state index in [-0.39, 0.29) is 30.5 Å². The zero-order valence-electron chi connectivity index (χ0n) is 15.6. The highest BCUT2D eigenvalue weighted by Gasteiger charge is 2.52. The van der Waals surface area contributed by atoms with Gasteiger partial charge in [0.15, 0.2) is 0 Å². The molecule has 4 rings (SSSR count). The minimum atomic E-state index is -4.60. The average molecular weight is 415 g/mol. The van der Waals surface area contributed by atoms with Gasteiger partial charge in [0, 0.05) is 13.1 Å². The van der Waals surface area contributed by atoms with Crippen molar-refractivity contribution in [3.8, 4) is 0 Å². The summed E-state index contributed by atoms with van der Waals surface area (Å²) >= 11 is 0. The number of halogens is 4. The number of alkyl carbamates (subject to hydrolysis) is 1. The Bertz CT molecular complexity index is 815. The van der Waals surface area contributed by atoms with Crippen molar-refractivity contribution in [3.05, 3.63) is 35.1 Å². The second-order valence-corrected chi connectivity index (χ2v) is 8.05. The first-order valence-electron chi connectivity index (χ1n) is 9.50. The van der Waals surface area contributed by atoms with Gasteiger partial charge in [0.2, 0.25) is 0 Å². The molecule has 0 bridgehead atoms. The molecule has 0 radical (unpaired) electrons. The van der Waals surface area contributed by atoms with E-state index in [0.29, 0.717) is 45.1 Å². The molecular formula is C19H21F4N3O3. The number of piperidine rings is 1. The summed E-state index contributed by atoms with van der Waals surface area (Å²) in [6.07, 6.45) is -3.70. The number of hydrogen-bond donors (Lipinski definition) is 1. The normalized spacial score (nSPS) is 21.7. The first-order chi connectivity index (χ1) is 13.7. The lowest BCUT2D eigenvalue weighted by Crippen LogP contribution is -2.71. The fraction of sp³-hybridized carbons (Fsp3) is 0.579. The van der Waals surface area contributed by atoms with E-state index in [1.807, 2.05) is 0 Å². The van der Waals surface area contributed by atoms with E-state index < -0.39 is 29.2 Å². The lowest BCUT2D eigenvalue weighted by Gasteiger charge is -2.48. The smallest absolute Gasteiger partial charge is 0.416 e. The quantitative estimate of drug-likeness (QED) is 0.756. The zero-order chi connectivity index (χ0) is 20.8. The van der Waals surface area contributed by atoms with Crippen LogP contribution in [0, 0.1) is 11.7 Å². The maximum absolute atomic E-state index is 13.3. The van der Waals surface area contributed by atoms with Crippen LogP contribution in [0.5, 0.6) is 0 Å². The van der Waals surface area contributed by atoms with Gasteiger partial charge in [-0.3, -0.25) is 0 Å². The molecule has 3 aliphatic rings. The van der Waals surface area contributed by atoms with Gasteiger partial charge in [0.25, 0.3) is 0 Å². The molecule has 1 aromatic carbocycles. The third-order valence-corrected chi connectivity index (χ3v) is 5.88. The topological polar surface area (TPSA) is 61.9 Å². The van der Waals surface area contributed by atoms with Crippen LogP contribution in [0.4, 0.5) is 27.2 Å². The monoisotopic (exact) mass is 415 g/mol. The van der Waals surface area contributed by atoms with Gasteiger partial charge in [-0.05, 0) is 42.9 Å². The highest BCUT2D eigenvalue weighted by atomic mass is 19.4. The molecule has 3 heterocycles. The Morgan fingerprint density at radius 2 is 1.90 bits per heavy atom. The summed E-state index contributed by atoms with van der Waals surface area (Å²) in [5.41, 5.74) is -1.32. The van der Waals surface area contributed by atoms with Crippen LogP contribution in [0.25, 0.3) is 0 Å². The average Bonchev–Trinajstić information content (AvgIpc) is 3.03. The first-order valence-corrected chi connectivity index (χ1v) is 9.50. The van der Waals surface area contributed by atoms with Crippen molar-refractivity contribution in [1.29, 1.82) is 0 Å². The predicted octanol–water partition coefficient (Wildman–Crippen LogP) is 3.01. The molecule has 0 saturated carbocycles. The summed E-state index contributed by atoms with van der Waals surface area (Å²) in [6, 6.07) is 2.66. The number of carbonyl (C=O) groups is 2. The molecule has 3 fully saturated rings. The maximum atomic E-state index is 13.3. The Labute approximate surface area is 164 Å². The SMILES string of the molecule is O=C1NC2(CO1)CN(C(=O)N1CCC(Cc3ccc(F)cc3C(F)(F)F)CC1)C2. The van der Waals surface area contributed by atoms with Crippen molar-refractivity contribution in [2.24, 2.45) is 5.92 Å². The number of ether oxygens (including phenoxy) is 1. The van der Waals surface area contributed by atoms with Crippen LogP contribution in [0.15, 0.2) is 18.2 Å². The van der Waals surface area contributed by atoms with E-state index in [2.05, 4.69) is 5.32 Å². The lowest BCUT2D eigenvalue weighted by atomic mass is 9.88. The highest BCUT2D eigenvalue weighted by Crippen LogP contribution is 2.35. The van der Waals surface area contributed by atoms with Gasteiger partial charge in [-0.15, -0.1) is 0 Å². The van der Waals surface area contributed by atoms with Gasteiger partial charge in [-0.1, -0.05) is 6.07 Å². The third-order valence-electron chi connectivity index (χ3n) is 5.88. The fourth-order valence-electron chi connectivity index (χ4n) is 4.31. The summed E-state index contributed by atoms with van der Waals surface area (Å²) in [5.74, 6) is -0.909. The molecule has 3 amide bonds. The van der Waals surface area contributed by atoms with E-state index >= 15 is 0 Å². The van der Waals surface area contributed by atoms with Gasteiger partial charge < -0.3 is 19.9 Å². The van der Waals surface area contributed by atoms with Gasteiger partial charge in [0.05, 0.1) is 18.7 Å². The van der Waals surface area contributed by atoms with Crippen molar-refractivity contribution in [2.75, 3.05) is 32.8 Å². The van der Waals surface area contributed by atoms with Crippen molar-refractivity contribution in [1.82, 2.24) is 15.1 Å². The molecule has 1 spiro atoms. The lowest BCUT2D eigenvalue weighted by molar-refractivity contribution is -0.138. The number of nitrogens with one attached hydrogen (secondary N) is 1. The molecule has 0 unspecified atom stereocenters. The zero-order valence-corrected chi connectivity index (χ0v) is 15.6. The number of urea groups is 1. The van der Waals surface area contributed by atoms with Crippen LogP contribution < -0.4 is 5.32 Å². The minimum absolute atomic E-state index is 0.00383. The van der Waals surface area contributed by atoms with Crippen LogP contribution >= 0.6 is 0 Å². The Hall–Kier alpha value is -2.52. The van der Waals surface area contributed by atoms with Gasteiger partial charge in [-0.25, -0.2) is 14.0 Å². The van der Waals surface area contributed by atoms with Crippen molar-refractivity contribution < 1.29 is 31.9 Å². The molecule has 0 atom stereocenters. The fourth-order valence-corrected chi connectivity index (χ4v) is 4.31. The number of benzene rings is 1. The highest BCUT2D eigenvalue weighted by molar-refractivity contribution is 5.78. The molecule has 0 aliphatic carbocycles. The molecule has 158 valence electrons. The van der Waals surface area contributed by atoms with E-state index in [9.17, 15) is 27.2 Å². The second kappa shape index (κ2) is 7.07. The van der Waals surface area contributed by atoms with E-state index in [1.165, 1.54) is 6.07 Å². The minimum Gasteiger partial charge on any atom is -0.447 e. The number of hydrogen-bond acceptors (Lipinski definition) is 3. The summed E-state index contributed by atoms with van der Waals surface area (Å²) in [6.45, 7) is 1.94. The first kappa shape index (κ1) is 19.8. The molecule has 3 aliphatic heterocycles. The molecular weight excluding hydrogens is 394 g/mol. The Morgan fingerprint density at radius 3 is 2.48 bits per heavy atom. The van der Waals surface area contributed by atoms with Gasteiger partial charge >= 0.3 is 18.3 Å². The van der Waals surface area contributed by atoms with E-state index in [0.717, 1.165) is 6.07 Å². The number of amides is 3. The second-order valence-electron chi connectivity index (χ2n) is 8.05. The number of cyclic esters (lactones) is 1. The number of rotatable bonds is 2. The van der Waals surface area contributed by atoms with Gasteiger partial charge in [0.1, 0.15) is 18.0 Å². The molecule has 0 aromatic heterocycles. The Kier molecular flexibility index (Phi) is 4.82. The largest absolute Gasteiger partial charge is 0.447 e. The molecule has 3 saturated heterocycles. The summed E-state index contributed by atoms with van der Waals surface area (Å²) in [5, 5.41) is 2.72. The third kappa shape index (κ3) is 3.97. The van der Waals surface area contributed by atoms with Crippen LogP contribution in [0.2, 0.25) is 0 Å². The van der Waals surface area contributed by atoms with Crippen molar-refractivity contribution in [2.45, 2.75) is 31.0 Å². The maximum Gasteiger partial charge on any atom is 0.416 e. The number of likely N-dealkylation sites (tertiary alicyclic amines) is 2. The van der Waals surface area contributed by atoms with Crippen LogP contribution in [0.3, 0.4) is 0 Å². The molecule has 1 N–H and O–H groups in total. The van der Waals surface area contributed by atoms with Gasteiger partial charge in [-0.2, -0.15) is 13.2 Å². The summed E-state index contributed by atoms with van der Waals surface area (Å²) < 4.78 is 57.7. The molecule has 1 aromatic rings. The number of nitrogens with zero attached hydrogens (tertiary/aromatic N) is 2. The standard InChI is InChI=1S/C19H21F4N3O3/c20-14-2-1-13(15(8-14)19(21,22)23)7-12-3-5-25(6-4-12)17(28)26-9-18(10-26)11-29-16(27)24-18/h1-2,8,12H,3-7,9-11H2,(H,24,27). The Morgan fingerprint density at radius 1 is 1.21 bits per heavy atom.